The van der Waals surface area contributed by atoms with Gasteiger partial charge in [-0.05, 0) is 51.7 Å². The molecule has 4 aromatic rings. The second kappa shape index (κ2) is 11.2. The first-order chi connectivity index (χ1) is 16.0. The van der Waals surface area contributed by atoms with Crippen molar-refractivity contribution in [1.82, 2.24) is 21.4 Å². The van der Waals surface area contributed by atoms with E-state index in [0.717, 1.165) is 28.5 Å². The minimum atomic E-state index is -0.463. The molecular formula is C23H22ClN5O3S2. The molecule has 0 aliphatic rings. The van der Waals surface area contributed by atoms with Crippen molar-refractivity contribution >= 4 is 46.7 Å². The van der Waals surface area contributed by atoms with Gasteiger partial charge >= 0.3 is 0 Å². The molecular weight excluding hydrogens is 494 g/mol. The van der Waals surface area contributed by atoms with Crippen LogP contribution in [0, 0.1) is 0 Å². The Morgan fingerprint density at radius 1 is 1.18 bits per heavy atom. The third kappa shape index (κ3) is 5.44. The van der Waals surface area contributed by atoms with Crippen molar-refractivity contribution in [3.05, 3.63) is 104 Å². The normalized spacial score (nSPS) is 11.8. The number of benzene rings is 2. The first-order valence-corrected chi connectivity index (χ1v) is 11.9. The van der Waals surface area contributed by atoms with Gasteiger partial charge in [0.2, 0.25) is 5.88 Å². The number of carbonyl (C=O) groups is 1. The molecule has 11 heteroatoms. The van der Waals surface area contributed by atoms with Gasteiger partial charge in [-0.2, -0.15) is 11.3 Å². The number of carbonyl (C=O) groups excluding carboxylic acids is 1. The molecule has 0 aliphatic carbocycles. The first kappa shape index (κ1) is 25.3. The molecule has 0 saturated carbocycles. The van der Waals surface area contributed by atoms with Crippen molar-refractivity contribution < 1.29 is 9.90 Å². The number of rotatable bonds is 7. The number of thiophene rings is 1. The number of aromatic nitrogens is 2. The maximum Gasteiger partial charge on any atom is 0.282 e. The van der Waals surface area contributed by atoms with E-state index in [2.05, 4.69) is 5.10 Å². The number of nitrogens with two attached hydrogens (primary N) is 1. The Hall–Kier alpha value is -3.28. The summed E-state index contributed by atoms with van der Waals surface area (Å²) in [6, 6.07) is 16.0. The molecule has 4 rings (SSSR count). The molecule has 0 fully saturated rings. The van der Waals surface area contributed by atoms with Crippen LogP contribution in [0.1, 0.15) is 22.7 Å². The monoisotopic (exact) mass is 515 g/mol. The van der Waals surface area contributed by atoms with E-state index in [0.29, 0.717) is 9.92 Å². The Morgan fingerprint density at radius 3 is 2.56 bits per heavy atom. The number of aromatic amines is 1. The topological polar surface area (TPSA) is 148 Å². The lowest BCUT2D eigenvalue weighted by Gasteiger charge is -2.19. The van der Waals surface area contributed by atoms with Crippen molar-refractivity contribution in [2.45, 2.75) is 15.8 Å². The molecule has 1 atom stereocenters. The highest BCUT2D eigenvalue weighted by molar-refractivity contribution is 7.99. The summed E-state index contributed by atoms with van der Waals surface area (Å²) in [5.74, 6) is 4.50. The number of halogens is 1. The molecule has 8 N–H and O–H groups in total. The van der Waals surface area contributed by atoms with Gasteiger partial charge in [0.25, 0.3) is 11.5 Å². The van der Waals surface area contributed by atoms with Gasteiger partial charge in [0.1, 0.15) is 10.9 Å². The maximum absolute atomic E-state index is 12.8. The zero-order valence-corrected chi connectivity index (χ0v) is 20.2. The highest BCUT2D eigenvalue weighted by atomic mass is 35.5. The van der Waals surface area contributed by atoms with Crippen LogP contribution in [-0.4, -0.2) is 20.8 Å². The van der Waals surface area contributed by atoms with Crippen LogP contribution in [0.3, 0.4) is 0 Å². The summed E-state index contributed by atoms with van der Waals surface area (Å²) >= 11 is 8.87. The van der Waals surface area contributed by atoms with Gasteiger partial charge in [-0.25, -0.2) is 10.5 Å². The molecule has 0 spiro atoms. The predicted molar refractivity (Wildman–Crippen MR) is 137 cm³/mol. The van der Waals surface area contributed by atoms with Gasteiger partial charge in [0.15, 0.2) is 0 Å². The van der Waals surface area contributed by atoms with Crippen LogP contribution in [-0.2, 0) is 4.79 Å². The van der Waals surface area contributed by atoms with E-state index >= 15 is 0 Å². The maximum atomic E-state index is 12.8. The van der Waals surface area contributed by atoms with Crippen molar-refractivity contribution in [1.29, 1.82) is 0 Å². The van der Waals surface area contributed by atoms with Crippen LogP contribution >= 0.6 is 34.7 Å². The van der Waals surface area contributed by atoms with Gasteiger partial charge in [-0.3, -0.25) is 20.1 Å². The number of hydrogen-bond acceptors (Lipinski definition) is 7. The Labute approximate surface area is 208 Å². The van der Waals surface area contributed by atoms with E-state index < -0.39 is 17.5 Å². The zero-order chi connectivity index (χ0) is 23.4. The second-order valence-electron chi connectivity index (χ2n) is 6.96. The minimum absolute atomic E-state index is 0. The quantitative estimate of drug-likeness (QED) is 0.105. The second-order valence-corrected chi connectivity index (χ2v) is 9.20. The van der Waals surface area contributed by atoms with Crippen LogP contribution in [0.2, 0.25) is 5.02 Å². The lowest BCUT2D eigenvalue weighted by molar-refractivity contribution is -0.116. The van der Waals surface area contributed by atoms with Gasteiger partial charge in [-0.15, -0.1) is 0 Å². The van der Waals surface area contributed by atoms with Gasteiger partial charge in [0, 0.05) is 11.0 Å². The SMILES string of the molecule is N.NNC(=O)/C=C/c1ccc(C(c2ccsc2)n2[nH]c(=O)c(Sc3ccccc3Cl)c2O)cc1. The number of hydrazine groups is 1. The number of hydrogen-bond donors (Lipinski definition) is 5. The van der Waals surface area contributed by atoms with E-state index in [-0.39, 0.29) is 16.9 Å². The Morgan fingerprint density at radius 2 is 1.91 bits per heavy atom. The molecule has 34 heavy (non-hydrogen) atoms. The molecule has 0 bridgehead atoms. The Balaban J connectivity index is 0.00000324. The number of H-pyrrole nitrogens is 1. The van der Waals surface area contributed by atoms with Crippen LogP contribution in [0.15, 0.2) is 86.0 Å². The van der Waals surface area contributed by atoms with Gasteiger partial charge in [-0.1, -0.05) is 59.8 Å². The molecule has 176 valence electrons. The van der Waals surface area contributed by atoms with Gasteiger partial charge in [0.05, 0.1) is 5.02 Å². The fraction of sp³-hybridized carbons (Fsp3) is 0.0435. The lowest BCUT2D eigenvalue weighted by atomic mass is 10.00. The van der Waals surface area contributed by atoms with Crippen LogP contribution in [0.4, 0.5) is 0 Å². The average molecular weight is 516 g/mol. The molecule has 1 unspecified atom stereocenters. The summed E-state index contributed by atoms with van der Waals surface area (Å²) in [6.45, 7) is 0. The van der Waals surface area contributed by atoms with Crippen LogP contribution in [0.5, 0.6) is 5.88 Å². The molecule has 2 aromatic carbocycles. The van der Waals surface area contributed by atoms with E-state index in [1.807, 2.05) is 52.6 Å². The zero-order valence-electron chi connectivity index (χ0n) is 17.8. The van der Waals surface area contributed by atoms with E-state index in [1.54, 1.807) is 24.3 Å². The summed E-state index contributed by atoms with van der Waals surface area (Å²) in [6.07, 6.45) is 2.97. The molecule has 0 radical (unpaired) electrons. The molecule has 2 heterocycles. The standard InChI is InChI=1S/C23H19ClN4O3S2.H3N/c24-17-3-1-2-4-18(17)33-21-22(30)27-28(23(21)31)20(16-11-12-32-13-16)15-8-5-14(6-9-15)7-10-19(29)26-25;/h1-13,20,31H,25H2,(H,26,29)(H,27,30);1H3/b10-7+;. The van der Waals surface area contributed by atoms with Crippen molar-refractivity contribution in [2.24, 2.45) is 5.84 Å². The highest BCUT2D eigenvalue weighted by Gasteiger charge is 2.25. The molecule has 1 amide bonds. The van der Waals surface area contributed by atoms with Crippen molar-refractivity contribution in [3.8, 4) is 5.88 Å². The summed E-state index contributed by atoms with van der Waals surface area (Å²) < 4.78 is 1.45. The predicted octanol–water partition coefficient (Wildman–Crippen LogP) is 4.55. The molecule has 2 aromatic heterocycles. The first-order valence-electron chi connectivity index (χ1n) is 9.74. The third-order valence-electron chi connectivity index (χ3n) is 4.85. The molecule has 0 aliphatic heterocycles. The van der Waals surface area contributed by atoms with Crippen LogP contribution in [0.25, 0.3) is 6.08 Å². The fourth-order valence-electron chi connectivity index (χ4n) is 3.27. The largest absolute Gasteiger partial charge is 0.493 e. The summed E-state index contributed by atoms with van der Waals surface area (Å²) in [5.41, 5.74) is 4.17. The number of aromatic hydroxyl groups is 1. The van der Waals surface area contributed by atoms with E-state index in [9.17, 15) is 14.7 Å². The van der Waals surface area contributed by atoms with Crippen molar-refractivity contribution in [2.75, 3.05) is 0 Å². The molecule has 0 saturated heterocycles. The van der Waals surface area contributed by atoms with Gasteiger partial charge < -0.3 is 11.3 Å². The van der Waals surface area contributed by atoms with Crippen molar-refractivity contribution in [3.63, 3.8) is 0 Å². The third-order valence-corrected chi connectivity index (χ3v) is 7.14. The number of nitrogens with one attached hydrogen (secondary N) is 2. The Kier molecular flexibility index (Phi) is 8.37. The lowest BCUT2D eigenvalue weighted by Crippen LogP contribution is -2.27. The summed E-state index contributed by atoms with van der Waals surface area (Å²) in [5, 5.41) is 18.2. The smallest absolute Gasteiger partial charge is 0.282 e. The Bertz CT molecular complexity index is 1350. The fourth-order valence-corrected chi connectivity index (χ4v) is 5.06. The summed E-state index contributed by atoms with van der Waals surface area (Å²) in [7, 11) is 0. The number of amides is 1. The average Bonchev–Trinajstić information content (AvgIpc) is 3.44. The summed E-state index contributed by atoms with van der Waals surface area (Å²) in [4.78, 5) is 24.9. The highest BCUT2D eigenvalue weighted by Crippen LogP contribution is 2.39. The van der Waals surface area contributed by atoms with E-state index in [1.165, 1.54) is 22.1 Å². The number of nitrogens with zero attached hydrogens (tertiary/aromatic N) is 1. The van der Waals surface area contributed by atoms with E-state index in [4.69, 9.17) is 17.4 Å². The van der Waals surface area contributed by atoms with Crippen LogP contribution < -0.4 is 23.0 Å². The molecule has 8 nitrogen and oxygen atoms in total. The minimum Gasteiger partial charge on any atom is -0.493 e.